The van der Waals surface area contributed by atoms with Gasteiger partial charge in [0.05, 0.1) is 23.9 Å². The number of aliphatic hydroxyl groups is 1. The first-order valence-electron chi connectivity index (χ1n) is 6.24. The van der Waals surface area contributed by atoms with Gasteiger partial charge in [0.15, 0.2) is 0 Å². The van der Waals surface area contributed by atoms with E-state index >= 15 is 0 Å². The van der Waals surface area contributed by atoms with E-state index in [4.69, 9.17) is 4.74 Å². The lowest BCUT2D eigenvalue weighted by Gasteiger charge is -2.34. The Hall–Kier alpha value is -0.420. The fourth-order valence-electron chi connectivity index (χ4n) is 2.20. The molecule has 1 aliphatic rings. The molecule has 17 heavy (non-hydrogen) atoms. The van der Waals surface area contributed by atoms with Gasteiger partial charge in [0.1, 0.15) is 0 Å². The summed E-state index contributed by atoms with van der Waals surface area (Å²) in [6.45, 7) is 4.05. The predicted molar refractivity (Wildman–Crippen MR) is 67.1 cm³/mol. The first-order chi connectivity index (χ1) is 8.00. The molecule has 5 heteroatoms. The number of esters is 1. The van der Waals surface area contributed by atoms with Crippen molar-refractivity contribution in [3.8, 4) is 0 Å². The molecule has 1 fully saturated rings. The average molecular weight is 262 g/mol. The number of carbonyl (C=O) groups excluding carboxylic acids is 1. The summed E-state index contributed by atoms with van der Waals surface area (Å²) in [5, 5.41) is 10.3. The van der Waals surface area contributed by atoms with Crippen molar-refractivity contribution in [2.45, 2.75) is 45.1 Å². The van der Waals surface area contributed by atoms with Crippen molar-refractivity contribution in [3.63, 3.8) is 0 Å². The first-order valence-corrected chi connectivity index (χ1v) is 7.73. The van der Waals surface area contributed by atoms with Crippen molar-refractivity contribution in [1.82, 2.24) is 0 Å². The Bertz CT molecular complexity index is 282. The van der Waals surface area contributed by atoms with Crippen LogP contribution < -0.4 is 0 Å². The summed E-state index contributed by atoms with van der Waals surface area (Å²) >= 11 is 0. The molecular formula is C12H22O4S. The first kappa shape index (κ1) is 14.6. The van der Waals surface area contributed by atoms with Crippen LogP contribution in [0, 0.1) is 5.92 Å². The second kappa shape index (κ2) is 6.50. The SMILES string of the molecule is CCOC(=O)C1CCC(O)(CS(=O)CC)CC1. The highest BCUT2D eigenvalue weighted by atomic mass is 32.2. The third kappa shape index (κ3) is 4.39. The molecule has 100 valence electrons. The number of hydrogen-bond acceptors (Lipinski definition) is 4. The zero-order valence-corrected chi connectivity index (χ0v) is 11.4. The maximum absolute atomic E-state index is 11.5. The van der Waals surface area contributed by atoms with E-state index in [2.05, 4.69) is 0 Å². The maximum atomic E-state index is 11.5. The lowest BCUT2D eigenvalue weighted by molar-refractivity contribution is -0.150. The van der Waals surface area contributed by atoms with Gasteiger partial charge in [-0.3, -0.25) is 9.00 Å². The number of ether oxygens (including phenoxy) is 1. The van der Waals surface area contributed by atoms with Crippen LogP contribution in [0.15, 0.2) is 0 Å². The van der Waals surface area contributed by atoms with Crippen molar-refractivity contribution >= 4 is 16.8 Å². The molecule has 0 heterocycles. The molecule has 0 aromatic rings. The van der Waals surface area contributed by atoms with E-state index in [0.29, 0.717) is 43.8 Å². The molecule has 1 rings (SSSR count). The molecule has 0 radical (unpaired) electrons. The second-order valence-electron chi connectivity index (χ2n) is 4.62. The average Bonchev–Trinajstić information content (AvgIpc) is 2.29. The summed E-state index contributed by atoms with van der Waals surface area (Å²) in [5.41, 5.74) is -0.843. The molecule has 1 aliphatic carbocycles. The van der Waals surface area contributed by atoms with Crippen molar-refractivity contribution in [2.24, 2.45) is 5.92 Å². The predicted octanol–water partition coefficient (Wildman–Crippen LogP) is 1.24. The highest BCUT2D eigenvalue weighted by Gasteiger charge is 2.37. The number of hydrogen-bond donors (Lipinski definition) is 1. The van der Waals surface area contributed by atoms with E-state index in [1.165, 1.54) is 0 Å². The van der Waals surface area contributed by atoms with Crippen LogP contribution in [0.5, 0.6) is 0 Å². The molecule has 1 saturated carbocycles. The van der Waals surface area contributed by atoms with E-state index in [1.807, 2.05) is 6.92 Å². The van der Waals surface area contributed by atoms with Crippen LogP contribution in [0.1, 0.15) is 39.5 Å². The third-order valence-corrected chi connectivity index (χ3v) is 4.79. The molecule has 1 unspecified atom stereocenters. The smallest absolute Gasteiger partial charge is 0.308 e. The van der Waals surface area contributed by atoms with Gasteiger partial charge < -0.3 is 9.84 Å². The van der Waals surface area contributed by atoms with Gasteiger partial charge in [0, 0.05) is 16.6 Å². The maximum Gasteiger partial charge on any atom is 0.308 e. The monoisotopic (exact) mass is 262 g/mol. The summed E-state index contributed by atoms with van der Waals surface area (Å²) in [4.78, 5) is 11.5. The van der Waals surface area contributed by atoms with Crippen LogP contribution in [0.4, 0.5) is 0 Å². The third-order valence-electron chi connectivity index (χ3n) is 3.29. The van der Waals surface area contributed by atoms with E-state index in [9.17, 15) is 14.1 Å². The highest BCUT2D eigenvalue weighted by Crippen LogP contribution is 2.33. The van der Waals surface area contributed by atoms with Gasteiger partial charge in [-0.25, -0.2) is 0 Å². The van der Waals surface area contributed by atoms with Crippen LogP contribution in [0.25, 0.3) is 0 Å². The van der Waals surface area contributed by atoms with Crippen LogP contribution >= 0.6 is 0 Å². The van der Waals surface area contributed by atoms with Gasteiger partial charge in [-0.05, 0) is 32.6 Å². The topological polar surface area (TPSA) is 63.6 Å². The minimum atomic E-state index is -0.955. The fraction of sp³-hybridized carbons (Fsp3) is 0.917. The molecule has 0 aromatic heterocycles. The van der Waals surface area contributed by atoms with Gasteiger partial charge in [-0.1, -0.05) is 6.92 Å². The molecule has 0 amide bonds. The Kier molecular flexibility index (Phi) is 5.59. The summed E-state index contributed by atoms with van der Waals surface area (Å²) < 4.78 is 16.4. The fourth-order valence-corrected chi connectivity index (χ4v) is 3.29. The standard InChI is InChI=1S/C12H22O4S/c1-3-16-11(13)10-5-7-12(14,8-6-10)9-17(15)4-2/h10,14H,3-9H2,1-2H3. The van der Waals surface area contributed by atoms with Crippen molar-refractivity contribution in [3.05, 3.63) is 0 Å². The molecule has 0 bridgehead atoms. The Morgan fingerprint density at radius 2 is 2.00 bits per heavy atom. The molecule has 1 N–H and O–H groups in total. The van der Waals surface area contributed by atoms with Crippen molar-refractivity contribution < 1.29 is 18.8 Å². The summed E-state index contributed by atoms with van der Waals surface area (Å²) in [5.74, 6) is 0.652. The van der Waals surface area contributed by atoms with E-state index in [-0.39, 0.29) is 11.9 Å². The summed E-state index contributed by atoms with van der Waals surface area (Å²) in [6.07, 6.45) is 2.36. The van der Waals surface area contributed by atoms with Crippen LogP contribution in [-0.2, 0) is 20.3 Å². The lowest BCUT2D eigenvalue weighted by Crippen LogP contribution is -2.41. The van der Waals surface area contributed by atoms with Gasteiger partial charge in [-0.15, -0.1) is 0 Å². The quantitative estimate of drug-likeness (QED) is 0.757. The minimum absolute atomic E-state index is 0.0923. The Labute approximate surface area is 105 Å². The van der Waals surface area contributed by atoms with Crippen LogP contribution in [0.2, 0.25) is 0 Å². The Morgan fingerprint density at radius 1 is 1.41 bits per heavy atom. The number of carbonyl (C=O) groups is 1. The van der Waals surface area contributed by atoms with Gasteiger partial charge >= 0.3 is 5.97 Å². The zero-order chi connectivity index (χ0) is 12.9. The van der Waals surface area contributed by atoms with E-state index in [1.54, 1.807) is 6.92 Å². The molecule has 0 aliphatic heterocycles. The van der Waals surface area contributed by atoms with Gasteiger partial charge in [0.25, 0.3) is 0 Å². The molecule has 0 aromatic carbocycles. The summed E-state index contributed by atoms with van der Waals surface area (Å²) in [7, 11) is -0.955. The Morgan fingerprint density at radius 3 is 2.47 bits per heavy atom. The van der Waals surface area contributed by atoms with E-state index < -0.39 is 16.4 Å². The molecule has 1 atom stereocenters. The molecule has 4 nitrogen and oxygen atoms in total. The van der Waals surface area contributed by atoms with Crippen molar-refractivity contribution in [2.75, 3.05) is 18.1 Å². The van der Waals surface area contributed by atoms with Crippen molar-refractivity contribution in [1.29, 1.82) is 0 Å². The number of rotatable bonds is 5. The Balaban J connectivity index is 2.44. The second-order valence-corrected chi connectivity index (χ2v) is 6.37. The van der Waals surface area contributed by atoms with Crippen LogP contribution in [-0.4, -0.2) is 39.0 Å². The van der Waals surface area contributed by atoms with E-state index in [0.717, 1.165) is 0 Å². The van der Waals surface area contributed by atoms with Crippen LogP contribution in [0.3, 0.4) is 0 Å². The molecular weight excluding hydrogens is 240 g/mol. The van der Waals surface area contributed by atoms with Gasteiger partial charge in [0.2, 0.25) is 0 Å². The summed E-state index contributed by atoms with van der Waals surface area (Å²) in [6, 6.07) is 0. The normalized spacial score (nSPS) is 30.9. The highest BCUT2D eigenvalue weighted by molar-refractivity contribution is 7.85. The largest absolute Gasteiger partial charge is 0.466 e. The zero-order valence-electron chi connectivity index (χ0n) is 10.6. The van der Waals surface area contributed by atoms with Gasteiger partial charge in [-0.2, -0.15) is 0 Å². The minimum Gasteiger partial charge on any atom is -0.466 e. The molecule has 0 saturated heterocycles. The molecule has 0 spiro atoms. The lowest BCUT2D eigenvalue weighted by atomic mass is 9.80.